The molecule has 0 unspecified atom stereocenters. The summed E-state index contributed by atoms with van der Waals surface area (Å²) in [6.45, 7) is -0.148. The van der Waals surface area contributed by atoms with Gasteiger partial charge in [-0.05, 0) is 55.5 Å². The Hall–Kier alpha value is -2.96. The standard InChI is InChI=1S/C18H19N3O4/c1-25-18(24)12-6-8-14(9-7-12)19-16(22)11-21-17(23)10-13-4-2-3-5-15(13)20-21/h6-10H,2-5,11H2,1H3,(H,19,22). The first kappa shape index (κ1) is 16.9. The summed E-state index contributed by atoms with van der Waals surface area (Å²) in [4.78, 5) is 35.7. The number of fused-ring (bicyclic) bond motifs is 1. The number of rotatable bonds is 4. The molecule has 1 aromatic carbocycles. The number of amides is 1. The summed E-state index contributed by atoms with van der Waals surface area (Å²) in [5.41, 5.74) is 2.56. The topological polar surface area (TPSA) is 90.3 Å². The van der Waals surface area contributed by atoms with E-state index in [1.807, 2.05) is 0 Å². The fraction of sp³-hybridized carbons (Fsp3) is 0.333. The van der Waals surface area contributed by atoms with E-state index in [1.54, 1.807) is 30.3 Å². The lowest BCUT2D eigenvalue weighted by Gasteiger charge is -2.15. The number of nitrogens with one attached hydrogen (secondary N) is 1. The van der Waals surface area contributed by atoms with E-state index in [2.05, 4.69) is 15.2 Å². The van der Waals surface area contributed by atoms with Crippen LogP contribution in [0.15, 0.2) is 35.1 Å². The molecule has 0 saturated carbocycles. The SMILES string of the molecule is COC(=O)c1ccc(NC(=O)Cn2nc3c(cc2=O)CCCC3)cc1. The van der Waals surface area contributed by atoms with Crippen molar-refractivity contribution in [1.29, 1.82) is 0 Å². The highest BCUT2D eigenvalue weighted by Gasteiger charge is 2.15. The maximum atomic E-state index is 12.2. The number of nitrogens with zero attached hydrogens (tertiary/aromatic N) is 2. The molecular weight excluding hydrogens is 322 g/mol. The van der Waals surface area contributed by atoms with Gasteiger partial charge in [0.2, 0.25) is 5.91 Å². The molecule has 1 amide bonds. The molecule has 2 aromatic rings. The Kier molecular flexibility index (Phi) is 4.92. The molecule has 130 valence electrons. The zero-order valence-electron chi connectivity index (χ0n) is 13.9. The summed E-state index contributed by atoms with van der Waals surface area (Å²) in [7, 11) is 1.31. The summed E-state index contributed by atoms with van der Waals surface area (Å²) in [6.07, 6.45) is 3.83. The molecule has 0 atom stereocenters. The van der Waals surface area contributed by atoms with Gasteiger partial charge in [0.1, 0.15) is 6.54 Å². The molecule has 1 aromatic heterocycles. The molecule has 25 heavy (non-hydrogen) atoms. The van der Waals surface area contributed by atoms with E-state index in [0.29, 0.717) is 11.3 Å². The van der Waals surface area contributed by atoms with Gasteiger partial charge in [0.15, 0.2) is 0 Å². The van der Waals surface area contributed by atoms with Gasteiger partial charge in [0, 0.05) is 11.8 Å². The lowest BCUT2D eigenvalue weighted by Crippen LogP contribution is -2.31. The maximum absolute atomic E-state index is 12.2. The summed E-state index contributed by atoms with van der Waals surface area (Å²) < 4.78 is 5.82. The Morgan fingerprint density at radius 3 is 2.64 bits per heavy atom. The molecular formula is C18H19N3O4. The lowest BCUT2D eigenvalue weighted by atomic mass is 9.97. The molecule has 0 fully saturated rings. The van der Waals surface area contributed by atoms with Crippen LogP contribution in [0.4, 0.5) is 5.69 Å². The summed E-state index contributed by atoms with van der Waals surface area (Å²) in [6, 6.07) is 7.91. The number of hydrogen-bond donors (Lipinski definition) is 1. The highest BCUT2D eigenvalue weighted by atomic mass is 16.5. The minimum Gasteiger partial charge on any atom is -0.465 e. The smallest absolute Gasteiger partial charge is 0.337 e. The number of carbonyl (C=O) groups excluding carboxylic acids is 2. The second-order valence-electron chi connectivity index (χ2n) is 5.94. The average molecular weight is 341 g/mol. The molecule has 1 aliphatic carbocycles. The fourth-order valence-electron chi connectivity index (χ4n) is 2.86. The minimum atomic E-state index is -0.442. The Morgan fingerprint density at radius 1 is 1.20 bits per heavy atom. The van der Waals surface area contributed by atoms with Gasteiger partial charge in [-0.2, -0.15) is 5.10 Å². The van der Waals surface area contributed by atoms with Crippen molar-refractivity contribution in [1.82, 2.24) is 9.78 Å². The van der Waals surface area contributed by atoms with Gasteiger partial charge >= 0.3 is 5.97 Å². The predicted molar refractivity (Wildman–Crippen MR) is 91.6 cm³/mol. The molecule has 7 nitrogen and oxygen atoms in total. The quantitative estimate of drug-likeness (QED) is 0.852. The molecule has 1 aliphatic rings. The molecule has 0 radical (unpaired) electrons. The van der Waals surface area contributed by atoms with Gasteiger partial charge < -0.3 is 10.1 Å². The maximum Gasteiger partial charge on any atom is 0.337 e. The van der Waals surface area contributed by atoms with Crippen molar-refractivity contribution >= 4 is 17.6 Å². The number of aromatic nitrogens is 2. The molecule has 3 rings (SSSR count). The van der Waals surface area contributed by atoms with Crippen LogP contribution in [0.5, 0.6) is 0 Å². The van der Waals surface area contributed by atoms with Crippen molar-refractivity contribution in [2.45, 2.75) is 32.2 Å². The zero-order chi connectivity index (χ0) is 17.8. The fourth-order valence-corrected chi connectivity index (χ4v) is 2.86. The third-order valence-electron chi connectivity index (χ3n) is 4.16. The molecule has 1 heterocycles. The third-order valence-corrected chi connectivity index (χ3v) is 4.16. The Labute approximate surface area is 144 Å². The number of ether oxygens (including phenoxy) is 1. The van der Waals surface area contributed by atoms with Gasteiger partial charge in [-0.1, -0.05) is 0 Å². The van der Waals surface area contributed by atoms with Crippen LogP contribution >= 0.6 is 0 Å². The molecule has 7 heteroatoms. The first-order valence-corrected chi connectivity index (χ1v) is 8.15. The first-order chi connectivity index (χ1) is 12.1. The number of methoxy groups -OCH3 is 1. The van der Waals surface area contributed by atoms with Gasteiger partial charge in [-0.3, -0.25) is 9.59 Å². The molecule has 0 saturated heterocycles. The van der Waals surface area contributed by atoms with Crippen LogP contribution < -0.4 is 10.9 Å². The van der Waals surface area contributed by atoms with Crippen LogP contribution in [-0.4, -0.2) is 28.8 Å². The number of aryl methyl sites for hydroxylation is 2. The van der Waals surface area contributed by atoms with Crippen LogP contribution in [0.2, 0.25) is 0 Å². The van der Waals surface area contributed by atoms with E-state index in [4.69, 9.17) is 0 Å². The van der Waals surface area contributed by atoms with Crippen molar-refractivity contribution in [3.63, 3.8) is 0 Å². The van der Waals surface area contributed by atoms with Crippen LogP contribution in [0.3, 0.4) is 0 Å². The molecule has 1 N–H and O–H groups in total. The normalized spacial score (nSPS) is 13.0. The molecule has 0 bridgehead atoms. The Bertz CT molecular complexity index is 856. The van der Waals surface area contributed by atoms with E-state index >= 15 is 0 Å². The number of carbonyl (C=O) groups is 2. The van der Waals surface area contributed by atoms with Gasteiger partial charge in [0.05, 0.1) is 18.4 Å². The highest BCUT2D eigenvalue weighted by Crippen LogP contribution is 2.17. The Balaban J connectivity index is 1.68. The monoisotopic (exact) mass is 341 g/mol. The number of esters is 1. The molecule has 0 spiro atoms. The van der Waals surface area contributed by atoms with Crippen LogP contribution in [0.25, 0.3) is 0 Å². The highest BCUT2D eigenvalue weighted by molar-refractivity contribution is 5.92. The minimum absolute atomic E-state index is 0.148. The van der Waals surface area contributed by atoms with E-state index < -0.39 is 5.97 Å². The lowest BCUT2D eigenvalue weighted by molar-refractivity contribution is -0.117. The second kappa shape index (κ2) is 7.29. The van der Waals surface area contributed by atoms with Crippen LogP contribution in [0.1, 0.15) is 34.5 Å². The third kappa shape index (κ3) is 3.93. The van der Waals surface area contributed by atoms with Gasteiger partial charge in [0.25, 0.3) is 5.56 Å². The van der Waals surface area contributed by atoms with Gasteiger partial charge in [-0.15, -0.1) is 0 Å². The van der Waals surface area contributed by atoms with Gasteiger partial charge in [-0.25, -0.2) is 9.48 Å². The van der Waals surface area contributed by atoms with E-state index in [-0.39, 0.29) is 18.0 Å². The van der Waals surface area contributed by atoms with E-state index in [1.165, 1.54) is 11.8 Å². The summed E-state index contributed by atoms with van der Waals surface area (Å²) in [5.74, 6) is -0.793. The summed E-state index contributed by atoms with van der Waals surface area (Å²) in [5, 5.41) is 7.02. The first-order valence-electron chi connectivity index (χ1n) is 8.15. The predicted octanol–water partition coefficient (Wildman–Crippen LogP) is 1.55. The van der Waals surface area contributed by atoms with Crippen molar-refractivity contribution in [2.24, 2.45) is 0 Å². The number of benzene rings is 1. The molecule has 0 aliphatic heterocycles. The summed E-state index contributed by atoms with van der Waals surface area (Å²) >= 11 is 0. The average Bonchev–Trinajstić information content (AvgIpc) is 2.62. The zero-order valence-corrected chi connectivity index (χ0v) is 13.9. The van der Waals surface area contributed by atoms with Crippen molar-refractivity contribution in [3.05, 3.63) is 57.5 Å². The van der Waals surface area contributed by atoms with Crippen LogP contribution in [0, 0.1) is 0 Å². The van der Waals surface area contributed by atoms with Crippen molar-refractivity contribution < 1.29 is 14.3 Å². The Morgan fingerprint density at radius 2 is 1.92 bits per heavy atom. The van der Waals surface area contributed by atoms with E-state index in [0.717, 1.165) is 36.9 Å². The second-order valence-corrected chi connectivity index (χ2v) is 5.94. The number of hydrogen-bond acceptors (Lipinski definition) is 5. The van der Waals surface area contributed by atoms with E-state index in [9.17, 15) is 14.4 Å². The van der Waals surface area contributed by atoms with Crippen molar-refractivity contribution in [2.75, 3.05) is 12.4 Å². The number of anilines is 1. The largest absolute Gasteiger partial charge is 0.465 e. The van der Waals surface area contributed by atoms with Crippen molar-refractivity contribution in [3.8, 4) is 0 Å². The van der Waals surface area contributed by atoms with Crippen LogP contribution in [-0.2, 0) is 28.9 Å².